The molecule has 1 aliphatic rings. The van der Waals surface area contributed by atoms with E-state index in [1.807, 2.05) is 0 Å². The van der Waals surface area contributed by atoms with Crippen LogP contribution in [0.5, 0.6) is 0 Å². The molecule has 6 nitrogen and oxygen atoms in total. The Labute approximate surface area is 98.7 Å². The summed E-state index contributed by atoms with van der Waals surface area (Å²) < 4.78 is 5.11. The normalized spacial score (nSPS) is 20.9. The molecule has 6 heteroatoms. The first kappa shape index (κ1) is 11.5. The third-order valence-electron chi connectivity index (χ3n) is 2.95. The summed E-state index contributed by atoms with van der Waals surface area (Å²) in [5.41, 5.74) is 6.07. The summed E-state index contributed by atoms with van der Waals surface area (Å²) in [6, 6.07) is 1.37. The minimum Gasteiger partial charge on any atom is -0.469 e. The number of oxime groups is 1. The third kappa shape index (κ3) is 2.11. The number of carbonyl (C=O) groups excluding carboxylic acids is 1. The lowest BCUT2D eigenvalue weighted by Gasteiger charge is -2.22. The number of carbonyl (C=O) groups is 1. The third-order valence-corrected chi connectivity index (χ3v) is 2.95. The quantitative estimate of drug-likeness (QED) is 0.346. The van der Waals surface area contributed by atoms with Crippen molar-refractivity contribution in [3.05, 3.63) is 23.7 Å². The van der Waals surface area contributed by atoms with Crippen LogP contribution in [0.3, 0.4) is 0 Å². The van der Waals surface area contributed by atoms with Gasteiger partial charge in [0.2, 0.25) is 0 Å². The molecule has 0 aliphatic carbocycles. The fourth-order valence-corrected chi connectivity index (χ4v) is 2.11. The molecular formula is C11H15N3O3. The second kappa shape index (κ2) is 4.48. The Morgan fingerprint density at radius 3 is 3.06 bits per heavy atom. The number of amidine groups is 1. The van der Waals surface area contributed by atoms with Crippen molar-refractivity contribution in [2.75, 3.05) is 6.54 Å². The average Bonchev–Trinajstić information content (AvgIpc) is 2.95. The first-order valence-corrected chi connectivity index (χ1v) is 5.47. The molecule has 0 aromatic carbocycles. The Hall–Kier alpha value is -1.98. The molecule has 17 heavy (non-hydrogen) atoms. The van der Waals surface area contributed by atoms with Gasteiger partial charge in [-0.2, -0.15) is 0 Å². The van der Waals surface area contributed by atoms with E-state index >= 15 is 0 Å². The molecule has 0 bridgehead atoms. The topological polar surface area (TPSA) is 92.1 Å². The highest BCUT2D eigenvalue weighted by molar-refractivity contribution is 5.98. The van der Waals surface area contributed by atoms with Crippen LogP contribution in [0.15, 0.2) is 21.9 Å². The summed E-state index contributed by atoms with van der Waals surface area (Å²) >= 11 is 0. The molecule has 1 atom stereocenters. The van der Waals surface area contributed by atoms with Crippen LogP contribution in [0.4, 0.5) is 0 Å². The van der Waals surface area contributed by atoms with Gasteiger partial charge in [-0.1, -0.05) is 5.16 Å². The lowest BCUT2D eigenvalue weighted by Crippen LogP contribution is -2.43. The number of furan rings is 1. The van der Waals surface area contributed by atoms with E-state index in [4.69, 9.17) is 15.4 Å². The van der Waals surface area contributed by atoms with E-state index in [9.17, 15) is 4.79 Å². The predicted octanol–water partition coefficient (Wildman–Crippen LogP) is 0.939. The predicted molar refractivity (Wildman–Crippen MR) is 60.9 cm³/mol. The van der Waals surface area contributed by atoms with Gasteiger partial charge in [-0.15, -0.1) is 0 Å². The molecular weight excluding hydrogens is 222 g/mol. The van der Waals surface area contributed by atoms with Crippen LogP contribution in [0.2, 0.25) is 0 Å². The molecule has 1 aromatic rings. The van der Waals surface area contributed by atoms with Crippen LogP contribution < -0.4 is 5.73 Å². The van der Waals surface area contributed by atoms with Crippen LogP contribution >= 0.6 is 0 Å². The molecule has 92 valence electrons. The first-order valence-electron chi connectivity index (χ1n) is 5.47. The summed E-state index contributed by atoms with van der Waals surface area (Å²) in [5.74, 6) is 0.625. The molecule has 2 rings (SSSR count). The molecule has 1 amide bonds. The van der Waals surface area contributed by atoms with Crippen molar-refractivity contribution in [1.82, 2.24) is 4.90 Å². The second-order valence-corrected chi connectivity index (χ2v) is 4.13. The monoisotopic (exact) mass is 237 g/mol. The molecule has 1 unspecified atom stereocenters. The average molecular weight is 237 g/mol. The van der Waals surface area contributed by atoms with E-state index in [0.717, 1.165) is 12.8 Å². The maximum atomic E-state index is 12.2. The van der Waals surface area contributed by atoms with Gasteiger partial charge < -0.3 is 20.3 Å². The Bertz CT molecular complexity index is 453. The van der Waals surface area contributed by atoms with Gasteiger partial charge in [-0.25, -0.2) is 0 Å². The summed E-state index contributed by atoms with van der Waals surface area (Å²) in [7, 11) is 0. The number of likely N-dealkylation sites (tertiary alicyclic amines) is 1. The van der Waals surface area contributed by atoms with Gasteiger partial charge in [0.1, 0.15) is 12.0 Å². The van der Waals surface area contributed by atoms with E-state index in [0.29, 0.717) is 17.9 Å². The zero-order chi connectivity index (χ0) is 12.4. The lowest BCUT2D eigenvalue weighted by molar-refractivity contribution is 0.0767. The van der Waals surface area contributed by atoms with Gasteiger partial charge >= 0.3 is 0 Å². The SMILES string of the molecule is Cc1cc(C(=O)N2CCCC2C(N)=NO)co1. The van der Waals surface area contributed by atoms with Gasteiger partial charge in [0.15, 0.2) is 5.84 Å². The van der Waals surface area contributed by atoms with Gasteiger partial charge in [0, 0.05) is 6.54 Å². The summed E-state index contributed by atoms with van der Waals surface area (Å²) in [5, 5.41) is 11.7. The number of nitrogens with two attached hydrogens (primary N) is 1. The van der Waals surface area contributed by atoms with Gasteiger partial charge in [-0.3, -0.25) is 4.79 Å². The molecule has 0 saturated carbocycles. The Balaban J connectivity index is 2.19. The summed E-state index contributed by atoms with van der Waals surface area (Å²) in [6.45, 7) is 2.39. The molecule has 0 radical (unpaired) electrons. The molecule has 1 aromatic heterocycles. The summed E-state index contributed by atoms with van der Waals surface area (Å²) in [4.78, 5) is 13.8. The lowest BCUT2D eigenvalue weighted by atomic mass is 10.2. The first-order chi connectivity index (χ1) is 8.13. The fraction of sp³-hybridized carbons (Fsp3) is 0.455. The molecule has 2 heterocycles. The van der Waals surface area contributed by atoms with E-state index < -0.39 is 0 Å². The minimum atomic E-state index is -0.317. The maximum absolute atomic E-state index is 12.2. The highest BCUT2D eigenvalue weighted by Crippen LogP contribution is 2.21. The second-order valence-electron chi connectivity index (χ2n) is 4.13. The Kier molecular flexibility index (Phi) is 3.03. The van der Waals surface area contributed by atoms with Crippen molar-refractivity contribution >= 4 is 11.7 Å². The van der Waals surface area contributed by atoms with Crippen molar-refractivity contribution in [2.24, 2.45) is 10.9 Å². The van der Waals surface area contributed by atoms with Crippen molar-refractivity contribution in [1.29, 1.82) is 0 Å². The molecule has 1 saturated heterocycles. The molecule has 1 fully saturated rings. The smallest absolute Gasteiger partial charge is 0.257 e. The number of nitrogens with zero attached hydrogens (tertiary/aromatic N) is 2. The molecule has 0 spiro atoms. The van der Waals surface area contributed by atoms with E-state index in [1.54, 1.807) is 17.9 Å². The Morgan fingerprint density at radius 2 is 2.47 bits per heavy atom. The zero-order valence-corrected chi connectivity index (χ0v) is 9.59. The van der Waals surface area contributed by atoms with E-state index in [1.165, 1.54) is 6.26 Å². The number of amides is 1. The van der Waals surface area contributed by atoms with Gasteiger partial charge in [0.05, 0.1) is 11.6 Å². The van der Waals surface area contributed by atoms with Crippen LogP contribution in [-0.2, 0) is 0 Å². The van der Waals surface area contributed by atoms with Crippen molar-refractivity contribution in [3.8, 4) is 0 Å². The van der Waals surface area contributed by atoms with Crippen LogP contribution in [-0.4, -0.2) is 34.4 Å². The molecule has 3 N–H and O–H groups in total. The number of rotatable bonds is 2. The van der Waals surface area contributed by atoms with Crippen LogP contribution in [0, 0.1) is 6.92 Å². The zero-order valence-electron chi connectivity index (χ0n) is 9.59. The maximum Gasteiger partial charge on any atom is 0.257 e. The van der Waals surface area contributed by atoms with Crippen molar-refractivity contribution in [3.63, 3.8) is 0 Å². The standard InChI is InChI=1S/C11H15N3O3/c1-7-5-8(6-17-7)11(15)14-4-2-3-9(14)10(12)13-16/h5-6,9,16H,2-4H2,1H3,(H2,12,13). The van der Waals surface area contributed by atoms with Gasteiger partial charge in [-0.05, 0) is 25.8 Å². The van der Waals surface area contributed by atoms with Crippen molar-refractivity contribution < 1.29 is 14.4 Å². The highest BCUT2D eigenvalue weighted by atomic mass is 16.4. The Morgan fingerprint density at radius 1 is 1.71 bits per heavy atom. The van der Waals surface area contributed by atoms with Gasteiger partial charge in [0.25, 0.3) is 5.91 Å². The number of hydrogen-bond donors (Lipinski definition) is 2. The van der Waals surface area contributed by atoms with Crippen molar-refractivity contribution in [2.45, 2.75) is 25.8 Å². The van der Waals surface area contributed by atoms with E-state index in [2.05, 4.69) is 5.16 Å². The summed E-state index contributed by atoms with van der Waals surface area (Å²) in [6.07, 6.45) is 3.00. The largest absolute Gasteiger partial charge is 0.469 e. The molecule has 1 aliphatic heterocycles. The minimum absolute atomic E-state index is 0.0797. The fourth-order valence-electron chi connectivity index (χ4n) is 2.11. The van der Waals surface area contributed by atoms with Crippen LogP contribution in [0.25, 0.3) is 0 Å². The number of hydrogen-bond acceptors (Lipinski definition) is 4. The number of aryl methyl sites for hydroxylation is 1. The van der Waals surface area contributed by atoms with Crippen LogP contribution in [0.1, 0.15) is 29.0 Å². The highest BCUT2D eigenvalue weighted by Gasteiger charge is 2.32. The van der Waals surface area contributed by atoms with E-state index in [-0.39, 0.29) is 17.8 Å².